The average molecular weight is 491 g/mol. The Labute approximate surface area is 190 Å². The van der Waals surface area contributed by atoms with Crippen LogP contribution in [0.1, 0.15) is 27.7 Å². The second-order valence-electron chi connectivity index (χ2n) is 6.63. The van der Waals surface area contributed by atoms with Gasteiger partial charge in [-0.05, 0) is 52.0 Å². The highest BCUT2D eigenvalue weighted by atomic mass is 32.2. The number of quaternary nitrogens is 2. The Morgan fingerprint density at radius 3 is 1.12 bits per heavy atom. The Balaban J connectivity index is 0.000000805. The van der Waals surface area contributed by atoms with Crippen molar-refractivity contribution in [3.63, 3.8) is 0 Å². The molecule has 0 radical (unpaired) electrons. The fraction of sp³-hybridized carbons (Fsp3) is 0.400. The topological polar surface area (TPSA) is 200 Å². The van der Waals surface area contributed by atoms with E-state index in [1.54, 1.807) is 0 Å². The van der Waals surface area contributed by atoms with E-state index in [2.05, 4.69) is 38.3 Å². The maximum atomic E-state index is 11.3. The summed E-state index contributed by atoms with van der Waals surface area (Å²) in [5.41, 5.74) is 10.4. The van der Waals surface area contributed by atoms with Crippen molar-refractivity contribution in [2.75, 3.05) is 37.6 Å². The van der Waals surface area contributed by atoms with E-state index in [-0.39, 0.29) is 22.5 Å². The van der Waals surface area contributed by atoms with Crippen molar-refractivity contribution >= 4 is 31.6 Å². The number of hydrogen-bond acceptors (Lipinski definition) is 8. The number of nitrogens with two attached hydrogens (primary N) is 4. The molecule has 0 aliphatic heterocycles. The Morgan fingerprint density at radius 2 is 0.938 bits per heavy atom. The van der Waals surface area contributed by atoms with Gasteiger partial charge in [-0.3, -0.25) is 0 Å². The van der Waals surface area contributed by atoms with Gasteiger partial charge < -0.3 is 31.2 Å². The molecule has 0 unspecified atom stereocenters. The smallest absolute Gasteiger partial charge is 0.125 e. The van der Waals surface area contributed by atoms with Gasteiger partial charge in [-0.2, -0.15) is 0 Å². The average Bonchev–Trinajstić information content (AvgIpc) is 2.69. The third kappa shape index (κ3) is 10.4. The van der Waals surface area contributed by atoms with Crippen LogP contribution in [0.15, 0.2) is 46.2 Å². The Hall–Kier alpha value is -2.22. The van der Waals surface area contributed by atoms with E-state index in [1.165, 1.54) is 38.3 Å². The van der Waals surface area contributed by atoms with Crippen molar-refractivity contribution in [2.45, 2.75) is 37.5 Å². The Morgan fingerprint density at radius 1 is 0.656 bits per heavy atom. The van der Waals surface area contributed by atoms with Crippen molar-refractivity contribution in [1.29, 1.82) is 0 Å². The van der Waals surface area contributed by atoms with Gasteiger partial charge in [0.25, 0.3) is 0 Å². The molecule has 12 heteroatoms. The van der Waals surface area contributed by atoms with E-state index in [4.69, 9.17) is 11.5 Å². The summed E-state index contributed by atoms with van der Waals surface area (Å²) in [7, 11) is -9.87. The first kappa shape index (κ1) is 29.8. The summed E-state index contributed by atoms with van der Waals surface area (Å²) in [5, 5.41) is 4.50. The van der Waals surface area contributed by atoms with E-state index in [0.29, 0.717) is 0 Å². The summed E-state index contributed by atoms with van der Waals surface area (Å²) < 4.78 is 68.1. The molecule has 0 spiro atoms. The van der Waals surface area contributed by atoms with Crippen molar-refractivity contribution in [3.8, 4) is 11.1 Å². The van der Waals surface area contributed by atoms with E-state index in [1.807, 2.05) is 0 Å². The molecule has 10 nitrogen and oxygen atoms in total. The molecule has 0 heterocycles. The molecule has 0 fully saturated rings. The summed E-state index contributed by atoms with van der Waals surface area (Å²) in [6.45, 7) is 13.5. The molecule has 0 aliphatic rings. The minimum Gasteiger partial charge on any atom is -0.744 e. The van der Waals surface area contributed by atoms with Crippen molar-refractivity contribution in [1.82, 2.24) is 0 Å². The molecule has 0 atom stereocenters. The zero-order valence-corrected chi connectivity index (χ0v) is 20.5. The molecular formula is C20H34N4O6S2. The molecule has 2 rings (SSSR count). The molecule has 32 heavy (non-hydrogen) atoms. The summed E-state index contributed by atoms with van der Waals surface area (Å²) in [5.74, 6) is 0. The van der Waals surface area contributed by atoms with Gasteiger partial charge in [-0.1, -0.05) is 12.1 Å². The first-order valence-corrected chi connectivity index (χ1v) is 13.0. The number of hydrogen-bond donors (Lipinski definition) is 4. The summed E-state index contributed by atoms with van der Waals surface area (Å²) in [4.78, 5) is -1.44. The van der Waals surface area contributed by atoms with Gasteiger partial charge in [0.1, 0.15) is 20.2 Å². The highest BCUT2D eigenvalue weighted by molar-refractivity contribution is 7.86. The van der Waals surface area contributed by atoms with Crippen LogP contribution in [-0.2, 0) is 20.2 Å². The first-order chi connectivity index (χ1) is 14.8. The van der Waals surface area contributed by atoms with Gasteiger partial charge in [0.2, 0.25) is 0 Å². The lowest BCUT2D eigenvalue weighted by atomic mass is 10.0. The molecular weight excluding hydrogens is 456 g/mol. The van der Waals surface area contributed by atoms with E-state index >= 15 is 0 Å². The zero-order valence-electron chi connectivity index (χ0n) is 18.9. The minimum absolute atomic E-state index is 0.000139. The highest BCUT2D eigenvalue weighted by Crippen LogP contribution is 2.34. The molecule has 0 amide bonds. The lowest BCUT2D eigenvalue weighted by molar-refractivity contribution is -0.648. The van der Waals surface area contributed by atoms with Crippen LogP contribution in [0.25, 0.3) is 11.1 Å². The van der Waals surface area contributed by atoms with Crippen LogP contribution in [0.5, 0.6) is 0 Å². The highest BCUT2D eigenvalue weighted by Gasteiger charge is 2.17. The monoisotopic (exact) mass is 490 g/mol. The van der Waals surface area contributed by atoms with E-state index < -0.39 is 30.0 Å². The molecule has 0 aromatic heterocycles. The van der Waals surface area contributed by atoms with Crippen LogP contribution in [0.4, 0.5) is 11.4 Å². The first-order valence-electron chi connectivity index (χ1n) is 10.2. The van der Waals surface area contributed by atoms with Gasteiger partial charge in [0, 0.05) is 22.5 Å². The lowest BCUT2D eigenvalue weighted by Crippen LogP contribution is -2.82. The molecule has 0 bridgehead atoms. The molecule has 0 saturated heterocycles. The SMILES string of the molecule is CC[NH2+]CC.CC[NH2+]CC.Nc1ccc(-c2ccc(N)cc2S(=O)(=O)[O-])c(S(=O)(=O)[O-])c1. The van der Waals surface area contributed by atoms with E-state index in [9.17, 15) is 25.9 Å². The number of anilines is 2. The molecule has 182 valence electrons. The summed E-state index contributed by atoms with van der Waals surface area (Å²) in [6.07, 6.45) is 0. The van der Waals surface area contributed by atoms with Gasteiger partial charge in [0.15, 0.2) is 0 Å². The largest absolute Gasteiger partial charge is 0.744 e. The molecule has 0 saturated carbocycles. The predicted molar refractivity (Wildman–Crippen MR) is 123 cm³/mol. The van der Waals surface area contributed by atoms with Gasteiger partial charge in [0.05, 0.1) is 36.0 Å². The number of benzene rings is 2. The van der Waals surface area contributed by atoms with Gasteiger partial charge >= 0.3 is 0 Å². The van der Waals surface area contributed by atoms with E-state index in [0.717, 1.165) is 24.3 Å². The summed E-state index contributed by atoms with van der Waals surface area (Å²) >= 11 is 0. The molecule has 8 N–H and O–H groups in total. The third-order valence-corrected chi connectivity index (χ3v) is 5.75. The quantitative estimate of drug-likeness (QED) is 0.294. The maximum absolute atomic E-state index is 11.3. The molecule has 0 aliphatic carbocycles. The van der Waals surface area contributed by atoms with Crippen molar-refractivity contribution in [2.24, 2.45) is 0 Å². The van der Waals surface area contributed by atoms with Crippen LogP contribution < -0.4 is 22.1 Å². The zero-order chi connectivity index (χ0) is 24.9. The van der Waals surface area contributed by atoms with Gasteiger partial charge in [-0.15, -0.1) is 0 Å². The van der Waals surface area contributed by atoms with Crippen LogP contribution in [0.3, 0.4) is 0 Å². The van der Waals surface area contributed by atoms with Crippen LogP contribution in [0.2, 0.25) is 0 Å². The fourth-order valence-electron chi connectivity index (χ4n) is 2.51. The third-order valence-electron chi connectivity index (χ3n) is 3.99. The molecule has 2 aromatic rings. The fourth-order valence-corrected chi connectivity index (χ4v) is 3.97. The second kappa shape index (κ2) is 14.0. The Bertz CT molecular complexity index is 968. The van der Waals surface area contributed by atoms with Crippen molar-refractivity contribution < 1.29 is 36.6 Å². The minimum atomic E-state index is -4.93. The normalized spacial score (nSPS) is 11.1. The lowest BCUT2D eigenvalue weighted by Gasteiger charge is -2.18. The van der Waals surface area contributed by atoms with Gasteiger partial charge in [-0.25, -0.2) is 16.8 Å². The second-order valence-corrected chi connectivity index (χ2v) is 9.33. The Kier molecular flexibility index (Phi) is 13.1. The maximum Gasteiger partial charge on any atom is 0.125 e. The number of nitrogen functional groups attached to an aromatic ring is 2. The number of rotatable bonds is 7. The standard InChI is InChI=1S/C12H12N2O6S2.2C4H11N/c13-7-1-3-9(11(5-7)21(15,16)17)10-4-2-8(14)6-12(10)22(18,19)20;2*1-3-5-4-2/h1-6H,13-14H2,(H,15,16,17)(H,18,19,20);2*5H,3-4H2,1-2H3. The van der Waals surface area contributed by atoms with Crippen LogP contribution in [0, 0.1) is 0 Å². The van der Waals surface area contributed by atoms with Crippen LogP contribution in [-0.4, -0.2) is 52.1 Å². The van der Waals surface area contributed by atoms with Crippen molar-refractivity contribution in [3.05, 3.63) is 36.4 Å². The molecule has 2 aromatic carbocycles. The van der Waals surface area contributed by atoms with Crippen LogP contribution >= 0.6 is 0 Å². The summed E-state index contributed by atoms with van der Waals surface area (Å²) in [6, 6.07) is 6.66. The predicted octanol–water partition coefficient (Wildman–Crippen LogP) is -0.495.